The van der Waals surface area contributed by atoms with Gasteiger partial charge >= 0.3 is 12.0 Å². The molecule has 0 saturated carbocycles. The monoisotopic (exact) mass is 279 g/mol. The highest BCUT2D eigenvalue weighted by atomic mass is 16.4. The molecule has 1 rings (SSSR count). The predicted molar refractivity (Wildman–Crippen MR) is 72.3 cm³/mol. The lowest BCUT2D eigenvalue weighted by molar-refractivity contribution is -0.118. The molecule has 0 aliphatic heterocycles. The molecule has 108 valence electrons. The van der Waals surface area contributed by atoms with Crippen molar-refractivity contribution in [1.82, 2.24) is 16.0 Å². The Morgan fingerprint density at radius 1 is 1.00 bits per heavy atom. The van der Waals surface area contributed by atoms with E-state index in [1.54, 1.807) is 12.1 Å². The van der Waals surface area contributed by atoms with E-state index in [1.807, 2.05) is 0 Å². The molecule has 1 aromatic rings. The molecule has 0 bridgehead atoms. The van der Waals surface area contributed by atoms with E-state index in [1.165, 1.54) is 19.1 Å². The molecule has 0 atom stereocenters. The molecule has 0 aliphatic rings. The van der Waals surface area contributed by atoms with Crippen molar-refractivity contribution in [3.63, 3.8) is 0 Å². The van der Waals surface area contributed by atoms with Crippen molar-refractivity contribution < 1.29 is 19.5 Å². The molecule has 0 aromatic heterocycles. The summed E-state index contributed by atoms with van der Waals surface area (Å²) in [7, 11) is 0. The van der Waals surface area contributed by atoms with Crippen molar-refractivity contribution in [2.75, 3.05) is 13.1 Å². The number of hydrogen-bond donors (Lipinski definition) is 4. The fourth-order valence-electron chi connectivity index (χ4n) is 1.42. The van der Waals surface area contributed by atoms with Crippen molar-refractivity contribution in [2.45, 2.75) is 13.5 Å². The Hall–Kier alpha value is -2.57. The average Bonchev–Trinajstić information content (AvgIpc) is 2.41. The number of benzene rings is 1. The standard InChI is InChI=1S/C13H17N3O4/c1-9(17)14-6-7-15-13(20)16-8-10-2-4-11(5-3-10)12(18)19/h2-5H,6-8H2,1H3,(H,14,17)(H,18,19)(H2,15,16,20). The quantitative estimate of drug-likeness (QED) is 0.562. The van der Waals surface area contributed by atoms with Crippen LogP contribution in [-0.4, -0.2) is 36.1 Å². The normalized spacial score (nSPS) is 9.65. The van der Waals surface area contributed by atoms with Crippen LogP contribution in [-0.2, 0) is 11.3 Å². The van der Waals surface area contributed by atoms with E-state index in [2.05, 4.69) is 16.0 Å². The molecular weight excluding hydrogens is 262 g/mol. The highest BCUT2D eigenvalue weighted by molar-refractivity contribution is 5.87. The maximum Gasteiger partial charge on any atom is 0.335 e. The second-order valence-electron chi connectivity index (χ2n) is 4.09. The highest BCUT2D eigenvalue weighted by Gasteiger charge is 2.03. The average molecular weight is 279 g/mol. The summed E-state index contributed by atoms with van der Waals surface area (Å²) in [6.07, 6.45) is 0. The second-order valence-corrected chi connectivity index (χ2v) is 4.09. The van der Waals surface area contributed by atoms with Gasteiger partial charge in [-0.25, -0.2) is 9.59 Å². The molecule has 20 heavy (non-hydrogen) atoms. The summed E-state index contributed by atoms with van der Waals surface area (Å²) < 4.78 is 0. The molecule has 0 spiro atoms. The number of amides is 3. The van der Waals surface area contributed by atoms with Gasteiger partial charge in [-0.2, -0.15) is 0 Å². The maximum atomic E-state index is 11.4. The molecule has 0 aliphatic carbocycles. The molecule has 7 heteroatoms. The van der Waals surface area contributed by atoms with E-state index in [0.29, 0.717) is 19.6 Å². The minimum Gasteiger partial charge on any atom is -0.478 e. The van der Waals surface area contributed by atoms with Gasteiger partial charge < -0.3 is 21.1 Å². The number of carbonyl (C=O) groups excluding carboxylic acids is 2. The summed E-state index contributed by atoms with van der Waals surface area (Å²) >= 11 is 0. The van der Waals surface area contributed by atoms with Crippen LogP contribution in [0.2, 0.25) is 0 Å². The number of hydrogen-bond acceptors (Lipinski definition) is 3. The van der Waals surface area contributed by atoms with Crippen LogP contribution in [0.1, 0.15) is 22.8 Å². The lowest BCUT2D eigenvalue weighted by Crippen LogP contribution is -2.39. The van der Waals surface area contributed by atoms with Crippen LogP contribution >= 0.6 is 0 Å². The van der Waals surface area contributed by atoms with Gasteiger partial charge in [0.1, 0.15) is 0 Å². The lowest BCUT2D eigenvalue weighted by Gasteiger charge is -2.08. The molecule has 0 heterocycles. The van der Waals surface area contributed by atoms with Crippen molar-refractivity contribution in [3.05, 3.63) is 35.4 Å². The summed E-state index contributed by atoms with van der Waals surface area (Å²) in [6, 6.07) is 5.89. The summed E-state index contributed by atoms with van der Waals surface area (Å²) in [5.41, 5.74) is 1.00. The van der Waals surface area contributed by atoms with Gasteiger partial charge in [0.15, 0.2) is 0 Å². The van der Waals surface area contributed by atoms with Gasteiger partial charge in [0.05, 0.1) is 5.56 Å². The number of carbonyl (C=O) groups is 3. The van der Waals surface area contributed by atoms with Crippen LogP contribution in [0, 0.1) is 0 Å². The van der Waals surface area contributed by atoms with Gasteiger partial charge in [0.25, 0.3) is 0 Å². The number of urea groups is 1. The van der Waals surface area contributed by atoms with E-state index in [9.17, 15) is 14.4 Å². The zero-order valence-corrected chi connectivity index (χ0v) is 11.1. The number of nitrogens with one attached hydrogen (secondary N) is 3. The molecule has 3 amide bonds. The predicted octanol–water partition coefficient (Wildman–Crippen LogP) is 0.320. The van der Waals surface area contributed by atoms with E-state index < -0.39 is 5.97 Å². The number of aromatic carboxylic acids is 1. The molecule has 0 radical (unpaired) electrons. The molecule has 0 unspecified atom stereocenters. The van der Waals surface area contributed by atoms with Crippen molar-refractivity contribution >= 4 is 17.9 Å². The van der Waals surface area contributed by atoms with Gasteiger partial charge in [-0.05, 0) is 17.7 Å². The Bertz CT molecular complexity index is 485. The molecular formula is C13H17N3O4. The second kappa shape index (κ2) is 7.78. The first-order valence-electron chi connectivity index (χ1n) is 6.07. The smallest absolute Gasteiger partial charge is 0.335 e. The van der Waals surface area contributed by atoms with E-state index in [0.717, 1.165) is 5.56 Å². The third kappa shape index (κ3) is 5.85. The van der Waals surface area contributed by atoms with Gasteiger partial charge in [-0.15, -0.1) is 0 Å². The van der Waals surface area contributed by atoms with Crippen LogP contribution in [0.15, 0.2) is 24.3 Å². The van der Waals surface area contributed by atoms with E-state index in [-0.39, 0.29) is 17.5 Å². The number of rotatable bonds is 6. The fraction of sp³-hybridized carbons (Fsp3) is 0.308. The fourth-order valence-corrected chi connectivity index (χ4v) is 1.42. The highest BCUT2D eigenvalue weighted by Crippen LogP contribution is 2.03. The minimum absolute atomic E-state index is 0.147. The van der Waals surface area contributed by atoms with Crippen molar-refractivity contribution in [3.8, 4) is 0 Å². The molecule has 0 saturated heterocycles. The van der Waals surface area contributed by atoms with Crippen LogP contribution in [0.4, 0.5) is 4.79 Å². The topological polar surface area (TPSA) is 108 Å². The molecule has 0 fully saturated rings. The lowest BCUT2D eigenvalue weighted by atomic mass is 10.1. The summed E-state index contributed by atoms with van der Waals surface area (Å²) in [4.78, 5) is 32.7. The zero-order valence-electron chi connectivity index (χ0n) is 11.1. The van der Waals surface area contributed by atoms with E-state index >= 15 is 0 Å². The van der Waals surface area contributed by atoms with Crippen LogP contribution in [0.5, 0.6) is 0 Å². The van der Waals surface area contributed by atoms with Crippen LogP contribution in [0.3, 0.4) is 0 Å². The Kier molecular flexibility index (Phi) is 6.02. The molecule has 1 aromatic carbocycles. The largest absolute Gasteiger partial charge is 0.478 e. The minimum atomic E-state index is -0.986. The van der Waals surface area contributed by atoms with Gasteiger partial charge in [-0.3, -0.25) is 4.79 Å². The first kappa shape index (κ1) is 15.5. The SMILES string of the molecule is CC(=O)NCCNC(=O)NCc1ccc(C(=O)O)cc1. The van der Waals surface area contributed by atoms with Crippen molar-refractivity contribution in [1.29, 1.82) is 0 Å². The maximum absolute atomic E-state index is 11.4. The Morgan fingerprint density at radius 3 is 2.15 bits per heavy atom. The van der Waals surface area contributed by atoms with Gasteiger partial charge in [0.2, 0.25) is 5.91 Å². The number of carboxylic acid groups (broad SMARTS) is 1. The number of carboxylic acids is 1. The first-order valence-corrected chi connectivity index (χ1v) is 6.07. The van der Waals surface area contributed by atoms with E-state index in [4.69, 9.17) is 5.11 Å². The summed E-state index contributed by atoms with van der Waals surface area (Å²) in [5.74, 6) is -1.13. The Balaban J connectivity index is 2.26. The van der Waals surface area contributed by atoms with Crippen LogP contribution < -0.4 is 16.0 Å². The third-order valence-corrected chi connectivity index (χ3v) is 2.44. The Labute approximate surface area is 116 Å². The third-order valence-electron chi connectivity index (χ3n) is 2.44. The first-order chi connectivity index (χ1) is 9.49. The zero-order chi connectivity index (χ0) is 15.0. The van der Waals surface area contributed by atoms with Crippen LogP contribution in [0.25, 0.3) is 0 Å². The Morgan fingerprint density at radius 2 is 1.60 bits per heavy atom. The molecule has 7 nitrogen and oxygen atoms in total. The van der Waals surface area contributed by atoms with Gasteiger partial charge in [0, 0.05) is 26.6 Å². The van der Waals surface area contributed by atoms with Gasteiger partial charge in [-0.1, -0.05) is 12.1 Å². The van der Waals surface area contributed by atoms with Crippen molar-refractivity contribution in [2.24, 2.45) is 0 Å². The summed E-state index contributed by atoms with van der Waals surface area (Å²) in [5, 5.41) is 16.5. The summed E-state index contributed by atoms with van der Waals surface area (Å²) in [6.45, 7) is 2.41. The molecule has 4 N–H and O–H groups in total.